The molecule has 5 nitrogen and oxygen atoms in total. The first-order chi connectivity index (χ1) is 11.1. The molecule has 0 bridgehead atoms. The van der Waals surface area contributed by atoms with Crippen LogP contribution in [0.2, 0.25) is 0 Å². The quantitative estimate of drug-likeness (QED) is 0.905. The number of carbonyl (C=O) groups is 2. The van der Waals surface area contributed by atoms with E-state index in [1.807, 2.05) is 17.9 Å². The predicted octanol–water partition coefficient (Wildman–Crippen LogP) is 2.19. The number of benzene rings is 1. The third-order valence-electron chi connectivity index (χ3n) is 4.16. The SMILES string of the molecule is CCCNC(=O)N1CCN(C(=O)CCc2cccc(C)c2)CC1. The summed E-state index contributed by atoms with van der Waals surface area (Å²) in [6.45, 7) is 7.30. The van der Waals surface area contributed by atoms with E-state index in [-0.39, 0.29) is 11.9 Å². The summed E-state index contributed by atoms with van der Waals surface area (Å²) in [6, 6.07) is 8.27. The van der Waals surface area contributed by atoms with Crippen LogP contribution in [0.15, 0.2) is 24.3 Å². The highest BCUT2D eigenvalue weighted by atomic mass is 16.2. The van der Waals surface area contributed by atoms with E-state index in [9.17, 15) is 9.59 Å². The second-order valence-electron chi connectivity index (χ2n) is 6.09. The zero-order valence-corrected chi connectivity index (χ0v) is 14.2. The van der Waals surface area contributed by atoms with Crippen LogP contribution in [-0.2, 0) is 11.2 Å². The molecular weight excluding hydrogens is 290 g/mol. The minimum Gasteiger partial charge on any atom is -0.339 e. The predicted molar refractivity (Wildman–Crippen MR) is 91.3 cm³/mol. The van der Waals surface area contributed by atoms with E-state index >= 15 is 0 Å². The summed E-state index contributed by atoms with van der Waals surface area (Å²) in [7, 11) is 0. The van der Waals surface area contributed by atoms with Gasteiger partial charge in [-0.1, -0.05) is 36.8 Å². The van der Waals surface area contributed by atoms with E-state index in [2.05, 4.69) is 30.4 Å². The Kier molecular flexibility index (Phi) is 6.44. The van der Waals surface area contributed by atoms with Gasteiger partial charge in [-0.2, -0.15) is 0 Å². The fourth-order valence-electron chi connectivity index (χ4n) is 2.78. The molecule has 0 radical (unpaired) electrons. The summed E-state index contributed by atoms with van der Waals surface area (Å²) in [5.41, 5.74) is 2.43. The molecule has 1 saturated heterocycles. The normalized spacial score (nSPS) is 14.7. The maximum absolute atomic E-state index is 12.3. The van der Waals surface area contributed by atoms with Crippen LogP contribution in [-0.4, -0.2) is 54.5 Å². The second-order valence-corrected chi connectivity index (χ2v) is 6.09. The molecule has 1 aliphatic rings. The molecule has 1 heterocycles. The van der Waals surface area contributed by atoms with Gasteiger partial charge in [-0.25, -0.2) is 4.79 Å². The molecule has 0 unspecified atom stereocenters. The van der Waals surface area contributed by atoms with E-state index in [1.54, 1.807) is 4.90 Å². The summed E-state index contributed by atoms with van der Waals surface area (Å²) in [4.78, 5) is 27.9. The van der Waals surface area contributed by atoms with Crippen molar-refractivity contribution in [3.63, 3.8) is 0 Å². The van der Waals surface area contributed by atoms with Crippen molar-refractivity contribution < 1.29 is 9.59 Å². The molecule has 1 aromatic carbocycles. The number of amides is 3. The van der Waals surface area contributed by atoms with Gasteiger partial charge in [0.25, 0.3) is 0 Å². The monoisotopic (exact) mass is 317 g/mol. The Morgan fingerprint density at radius 3 is 2.48 bits per heavy atom. The van der Waals surface area contributed by atoms with Crippen molar-refractivity contribution in [3.8, 4) is 0 Å². The number of carbonyl (C=O) groups excluding carboxylic acids is 2. The fourth-order valence-corrected chi connectivity index (χ4v) is 2.78. The highest BCUT2D eigenvalue weighted by Gasteiger charge is 2.23. The minimum atomic E-state index is -0.0151. The third kappa shape index (κ3) is 5.27. The van der Waals surface area contributed by atoms with Gasteiger partial charge < -0.3 is 15.1 Å². The topological polar surface area (TPSA) is 52.7 Å². The number of nitrogens with one attached hydrogen (secondary N) is 1. The molecule has 0 aliphatic carbocycles. The van der Waals surface area contributed by atoms with E-state index in [0.29, 0.717) is 39.1 Å². The lowest BCUT2D eigenvalue weighted by molar-refractivity contribution is -0.132. The van der Waals surface area contributed by atoms with Crippen LogP contribution in [0.5, 0.6) is 0 Å². The molecule has 0 saturated carbocycles. The van der Waals surface area contributed by atoms with Gasteiger partial charge in [0.2, 0.25) is 5.91 Å². The molecule has 3 amide bonds. The van der Waals surface area contributed by atoms with Gasteiger partial charge in [-0.05, 0) is 25.3 Å². The van der Waals surface area contributed by atoms with Crippen molar-refractivity contribution in [1.29, 1.82) is 0 Å². The van der Waals surface area contributed by atoms with Crippen LogP contribution in [0.4, 0.5) is 4.79 Å². The molecular formula is C18H27N3O2. The molecule has 1 N–H and O–H groups in total. The van der Waals surface area contributed by atoms with Gasteiger partial charge in [-0.3, -0.25) is 4.79 Å². The van der Waals surface area contributed by atoms with Crippen LogP contribution in [0.25, 0.3) is 0 Å². The standard InChI is InChI=1S/C18H27N3O2/c1-3-9-19-18(23)21-12-10-20(11-13-21)17(22)8-7-16-6-4-5-15(2)14-16/h4-6,14H,3,7-13H2,1-2H3,(H,19,23). The van der Waals surface area contributed by atoms with Crippen LogP contribution >= 0.6 is 0 Å². The molecule has 126 valence electrons. The van der Waals surface area contributed by atoms with Crippen molar-refractivity contribution >= 4 is 11.9 Å². The van der Waals surface area contributed by atoms with Crippen molar-refractivity contribution in [2.45, 2.75) is 33.1 Å². The highest BCUT2D eigenvalue weighted by molar-refractivity contribution is 5.78. The zero-order chi connectivity index (χ0) is 16.7. The summed E-state index contributed by atoms with van der Waals surface area (Å²) in [6.07, 6.45) is 2.24. The van der Waals surface area contributed by atoms with Crippen molar-refractivity contribution in [2.24, 2.45) is 0 Å². The number of piperazine rings is 1. The Morgan fingerprint density at radius 2 is 1.83 bits per heavy atom. The van der Waals surface area contributed by atoms with Crippen molar-refractivity contribution in [1.82, 2.24) is 15.1 Å². The number of hydrogen-bond donors (Lipinski definition) is 1. The van der Waals surface area contributed by atoms with Gasteiger partial charge in [-0.15, -0.1) is 0 Å². The maximum Gasteiger partial charge on any atom is 0.317 e. The smallest absolute Gasteiger partial charge is 0.317 e. The van der Waals surface area contributed by atoms with Gasteiger partial charge in [0, 0.05) is 39.1 Å². The first kappa shape index (κ1) is 17.3. The van der Waals surface area contributed by atoms with Gasteiger partial charge in [0.05, 0.1) is 0 Å². The zero-order valence-electron chi connectivity index (χ0n) is 14.2. The van der Waals surface area contributed by atoms with Crippen LogP contribution in [0.3, 0.4) is 0 Å². The van der Waals surface area contributed by atoms with Crippen LogP contribution in [0.1, 0.15) is 30.9 Å². The molecule has 1 fully saturated rings. The molecule has 0 atom stereocenters. The fraction of sp³-hybridized carbons (Fsp3) is 0.556. The lowest BCUT2D eigenvalue weighted by Crippen LogP contribution is -2.53. The number of urea groups is 1. The molecule has 1 aliphatic heterocycles. The van der Waals surface area contributed by atoms with Gasteiger partial charge in [0.1, 0.15) is 0 Å². The Labute approximate surface area is 138 Å². The Morgan fingerprint density at radius 1 is 1.13 bits per heavy atom. The highest BCUT2D eigenvalue weighted by Crippen LogP contribution is 2.10. The van der Waals surface area contributed by atoms with Crippen LogP contribution in [0, 0.1) is 6.92 Å². The van der Waals surface area contributed by atoms with Crippen molar-refractivity contribution in [2.75, 3.05) is 32.7 Å². The molecule has 23 heavy (non-hydrogen) atoms. The summed E-state index contributed by atoms with van der Waals surface area (Å²) in [5, 5.41) is 2.88. The first-order valence-corrected chi connectivity index (χ1v) is 8.46. The van der Waals surface area contributed by atoms with E-state index in [4.69, 9.17) is 0 Å². The van der Waals surface area contributed by atoms with Crippen molar-refractivity contribution in [3.05, 3.63) is 35.4 Å². The van der Waals surface area contributed by atoms with E-state index in [0.717, 1.165) is 12.8 Å². The number of nitrogens with zero attached hydrogens (tertiary/aromatic N) is 2. The lowest BCUT2D eigenvalue weighted by atomic mass is 10.1. The summed E-state index contributed by atoms with van der Waals surface area (Å²) in [5.74, 6) is 0.181. The first-order valence-electron chi connectivity index (χ1n) is 8.46. The number of hydrogen-bond acceptors (Lipinski definition) is 2. The van der Waals surface area contributed by atoms with Crippen LogP contribution < -0.4 is 5.32 Å². The Balaban J connectivity index is 1.74. The minimum absolute atomic E-state index is 0.0151. The molecule has 1 aromatic rings. The molecule has 0 spiro atoms. The van der Waals surface area contributed by atoms with E-state index in [1.165, 1.54) is 11.1 Å². The summed E-state index contributed by atoms with van der Waals surface area (Å²) < 4.78 is 0. The molecule has 5 heteroatoms. The molecule has 0 aromatic heterocycles. The Hall–Kier alpha value is -2.04. The average Bonchev–Trinajstić information content (AvgIpc) is 2.57. The number of aryl methyl sites for hydroxylation is 2. The maximum atomic E-state index is 12.3. The van der Waals surface area contributed by atoms with Gasteiger partial charge >= 0.3 is 6.03 Å². The van der Waals surface area contributed by atoms with Gasteiger partial charge in [0.15, 0.2) is 0 Å². The largest absolute Gasteiger partial charge is 0.339 e. The third-order valence-corrected chi connectivity index (χ3v) is 4.16. The lowest BCUT2D eigenvalue weighted by Gasteiger charge is -2.34. The summed E-state index contributed by atoms with van der Waals surface area (Å²) >= 11 is 0. The Bertz CT molecular complexity index is 537. The number of rotatable bonds is 5. The average molecular weight is 317 g/mol. The van der Waals surface area contributed by atoms with E-state index < -0.39 is 0 Å². The second kappa shape index (κ2) is 8.56. The molecule has 2 rings (SSSR count).